The van der Waals surface area contributed by atoms with Crippen LogP contribution in [0.15, 0.2) is 0 Å². The van der Waals surface area contributed by atoms with E-state index >= 15 is 0 Å². The number of rotatable bonds is 3. The van der Waals surface area contributed by atoms with Crippen LogP contribution in [-0.2, 0) is 0 Å². The van der Waals surface area contributed by atoms with E-state index in [1.54, 1.807) is 0 Å². The SMILES string of the molecule is CCC(C)(C)[Si](Cl)(Cl)C1CCCCC1. The van der Waals surface area contributed by atoms with Crippen LogP contribution in [0.2, 0.25) is 10.6 Å². The lowest BCUT2D eigenvalue weighted by molar-refractivity contribution is 0.481. The van der Waals surface area contributed by atoms with E-state index in [-0.39, 0.29) is 5.04 Å². The zero-order valence-electron chi connectivity index (χ0n) is 9.58. The van der Waals surface area contributed by atoms with E-state index in [1.165, 1.54) is 32.1 Å². The highest BCUT2D eigenvalue weighted by Crippen LogP contribution is 2.55. The second-order valence-electron chi connectivity index (χ2n) is 5.20. The largest absolute Gasteiger partial charge is 0.259 e. The lowest BCUT2D eigenvalue weighted by atomic mass is 10.0. The maximum absolute atomic E-state index is 6.71. The third kappa shape index (κ3) is 2.48. The lowest BCUT2D eigenvalue weighted by Crippen LogP contribution is -2.39. The van der Waals surface area contributed by atoms with E-state index in [1.807, 2.05) is 0 Å². The second kappa shape index (κ2) is 4.76. The first-order chi connectivity index (χ1) is 6.42. The Kier molecular flexibility index (Phi) is 4.37. The van der Waals surface area contributed by atoms with E-state index in [4.69, 9.17) is 22.2 Å². The zero-order valence-corrected chi connectivity index (χ0v) is 12.1. The fourth-order valence-corrected chi connectivity index (χ4v) is 7.07. The summed E-state index contributed by atoms with van der Waals surface area (Å²) < 4.78 is 0. The number of hydrogen-bond acceptors (Lipinski definition) is 0. The molecule has 0 spiro atoms. The minimum atomic E-state index is -2.09. The zero-order chi connectivity index (χ0) is 10.8. The molecule has 0 radical (unpaired) electrons. The lowest BCUT2D eigenvalue weighted by Gasteiger charge is -2.41. The first kappa shape index (κ1) is 12.9. The van der Waals surface area contributed by atoms with E-state index in [2.05, 4.69) is 20.8 Å². The molecule has 0 saturated heterocycles. The van der Waals surface area contributed by atoms with Gasteiger partial charge in [0, 0.05) is 0 Å². The van der Waals surface area contributed by atoms with Crippen LogP contribution in [0.3, 0.4) is 0 Å². The molecule has 1 saturated carbocycles. The van der Waals surface area contributed by atoms with Crippen molar-refractivity contribution in [2.45, 2.75) is 69.9 Å². The molecule has 1 aliphatic carbocycles. The van der Waals surface area contributed by atoms with Gasteiger partial charge < -0.3 is 0 Å². The molecular weight excluding hydrogens is 231 g/mol. The van der Waals surface area contributed by atoms with Crippen LogP contribution in [0.1, 0.15) is 59.3 Å². The predicted molar refractivity (Wildman–Crippen MR) is 68.6 cm³/mol. The van der Waals surface area contributed by atoms with Gasteiger partial charge in [0.25, 0.3) is 6.69 Å². The predicted octanol–water partition coefficient (Wildman–Crippen LogP) is 5.43. The van der Waals surface area contributed by atoms with Crippen LogP contribution in [0.4, 0.5) is 0 Å². The number of halogens is 2. The van der Waals surface area contributed by atoms with Gasteiger partial charge in [-0.15, -0.1) is 22.2 Å². The van der Waals surface area contributed by atoms with Crippen molar-refractivity contribution in [2.75, 3.05) is 0 Å². The number of hydrogen-bond donors (Lipinski definition) is 0. The Hall–Kier alpha value is 0.797. The van der Waals surface area contributed by atoms with Crippen molar-refractivity contribution in [2.24, 2.45) is 0 Å². The summed E-state index contributed by atoms with van der Waals surface area (Å²) in [6, 6.07) is 0. The fourth-order valence-electron chi connectivity index (χ4n) is 2.25. The average molecular weight is 253 g/mol. The molecule has 3 heteroatoms. The molecular formula is C11H22Cl2Si. The van der Waals surface area contributed by atoms with Gasteiger partial charge in [0.05, 0.1) is 0 Å². The summed E-state index contributed by atoms with van der Waals surface area (Å²) in [6.45, 7) is 4.61. The first-order valence-corrected chi connectivity index (χ1v) is 9.89. The van der Waals surface area contributed by atoms with Crippen LogP contribution >= 0.6 is 22.2 Å². The molecule has 0 amide bonds. The van der Waals surface area contributed by atoms with Crippen molar-refractivity contribution in [3.63, 3.8) is 0 Å². The van der Waals surface area contributed by atoms with Crippen molar-refractivity contribution in [3.8, 4) is 0 Å². The third-order valence-corrected chi connectivity index (χ3v) is 12.6. The Morgan fingerprint density at radius 2 is 1.64 bits per heavy atom. The summed E-state index contributed by atoms with van der Waals surface area (Å²) >= 11 is 13.4. The minimum Gasteiger partial charge on any atom is -0.145 e. The quantitative estimate of drug-likeness (QED) is 0.464. The molecule has 0 aromatic carbocycles. The van der Waals surface area contributed by atoms with Crippen LogP contribution < -0.4 is 0 Å². The molecule has 0 aliphatic heterocycles. The van der Waals surface area contributed by atoms with Crippen LogP contribution in [0.25, 0.3) is 0 Å². The van der Waals surface area contributed by atoms with Gasteiger partial charge in [0.2, 0.25) is 0 Å². The maximum Gasteiger partial charge on any atom is 0.259 e. The molecule has 1 aliphatic rings. The van der Waals surface area contributed by atoms with Gasteiger partial charge in [-0.3, -0.25) is 0 Å². The third-order valence-electron chi connectivity index (χ3n) is 3.90. The maximum atomic E-state index is 6.71. The van der Waals surface area contributed by atoms with Gasteiger partial charge in [-0.1, -0.05) is 59.3 Å². The monoisotopic (exact) mass is 252 g/mol. The van der Waals surface area contributed by atoms with Crippen molar-refractivity contribution >= 4 is 28.9 Å². The summed E-state index contributed by atoms with van der Waals surface area (Å²) in [5.41, 5.74) is 0.634. The van der Waals surface area contributed by atoms with Crippen molar-refractivity contribution in [3.05, 3.63) is 0 Å². The van der Waals surface area contributed by atoms with Crippen LogP contribution in [0, 0.1) is 0 Å². The van der Waals surface area contributed by atoms with Crippen molar-refractivity contribution in [1.29, 1.82) is 0 Å². The summed E-state index contributed by atoms with van der Waals surface area (Å²) in [4.78, 5) is 0. The molecule has 0 bridgehead atoms. The Morgan fingerprint density at radius 1 is 1.14 bits per heavy atom. The molecule has 0 aromatic rings. The van der Waals surface area contributed by atoms with Gasteiger partial charge in [-0.2, -0.15) is 0 Å². The Balaban J connectivity index is 2.71. The standard InChI is InChI=1S/C11H22Cl2Si/c1-4-11(2,3)14(12,13)10-8-6-5-7-9-10/h10H,4-9H2,1-3H3. The molecule has 14 heavy (non-hydrogen) atoms. The van der Waals surface area contributed by atoms with Gasteiger partial charge in [0.1, 0.15) is 0 Å². The highest BCUT2D eigenvalue weighted by molar-refractivity contribution is 7.47. The topological polar surface area (TPSA) is 0 Å². The molecule has 84 valence electrons. The minimum absolute atomic E-state index is 0.165. The molecule has 1 rings (SSSR count). The molecule has 0 atom stereocenters. The summed E-state index contributed by atoms with van der Waals surface area (Å²) in [7, 11) is 0. The van der Waals surface area contributed by atoms with Gasteiger partial charge in [0.15, 0.2) is 0 Å². The van der Waals surface area contributed by atoms with Gasteiger partial charge in [-0.25, -0.2) is 0 Å². The van der Waals surface area contributed by atoms with Gasteiger partial charge in [-0.05, 0) is 10.6 Å². The van der Waals surface area contributed by atoms with Crippen molar-refractivity contribution < 1.29 is 0 Å². The Bertz CT molecular complexity index is 184. The van der Waals surface area contributed by atoms with Crippen LogP contribution in [0.5, 0.6) is 0 Å². The molecule has 0 aromatic heterocycles. The fraction of sp³-hybridized carbons (Fsp3) is 1.00. The van der Waals surface area contributed by atoms with E-state index in [0.717, 1.165) is 6.42 Å². The first-order valence-electron chi connectivity index (χ1n) is 5.79. The highest BCUT2D eigenvalue weighted by Gasteiger charge is 2.50. The summed E-state index contributed by atoms with van der Waals surface area (Å²) in [6.07, 6.45) is 7.67. The summed E-state index contributed by atoms with van der Waals surface area (Å²) in [5, 5.41) is 0.165. The van der Waals surface area contributed by atoms with E-state index < -0.39 is 6.69 Å². The molecule has 0 nitrogen and oxygen atoms in total. The molecule has 0 heterocycles. The van der Waals surface area contributed by atoms with Gasteiger partial charge >= 0.3 is 0 Å². The Morgan fingerprint density at radius 3 is 2.07 bits per heavy atom. The summed E-state index contributed by atoms with van der Waals surface area (Å²) in [5.74, 6) is 0. The molecule has 0 N–H and O–H groups in total. The van der Waals surface area contributed by atoms with Crippen molar-refractivity contribution in [1.82, 2.24) is 0 Å². The highest BCUT2D eigenvalue weighted by atomic mass is 35.7. The van der Waals surface area contributed by atoms with Crippen LogP contribution in [-0.4, -0.2) is 6.69 Å². The average Bonchev–Trinajstić information content (AvgIpc) is 2.19. The molecule has 1 fully saturated rings. The van der Waals surface area contributed by atoms with E-state index in [9.17, 15) is 0 Å². The normalized spacial score (nSPS) is 21.2. The second-order valence-corrected chi connectivity index (χ2v) is 12.8. The Labute approximate surface area is 98.8 Å². The van der Waals surface area contributed by atoms with E-state index in [0.29, 0.717) is 5.54 Å². The molecule has 0 unspecified atom stereocenters. The smallest absolute Gasteiger partial charge is 0.145 e.